The highest BCUT2D eigenvalue weighted by atomic mass is 32.2. The quantitative estimate of drug-likeness (QED) is 0.782. The zero-order valence-corrected chi connectivity index (χ0v) is 12.5. The van der Waals surface area contributed by atoms with E-state index >= 15 is 0 Å². The molecule has 0 aliphatic rings. The maximum atomic E-state index is 12.6. The van der Waals surface area contributed by atoms with Gasteiger partial charge in [0, 0.05) is 18.4 Å². The van der Waals surface area contributed by atoms with Crippen LogP contribution in [0.2, 0.25) is 0 Å². The van der Waals surface area contributed by atoms with Gasteiger partial charge in [0.1, 0.15) is 17.3 Å². The summed E-state index contributed by atoms with van der Waals surface area (Å²) in [5, 5.41) is 12.9. The monoisotopic (exact) mass is 305 g/mol. The van der Waals surface area contributed by atoms with Gasteiger partial charge in [0.2, 0.25) is 0 Å². The Morgan fingerprint density at radius 2 is 2.19 bits per heavy atom. The largest absolute Gasteiger partial charge is 0.269 e. The summed E-state index contributed by atoms with van der Waals surface area (Å²) in [6.07, 6.45) is 4.21. The van der Waals surface area contributed by atoms with E-state index in [1.54, 1.807) is 22.9 Å². The van der Waals surface area contributed by atoms with E-state index in [1.807, 2.05) is 19.9 Å². The molecule has 0 aromatic carbocycles. The number of hydrogen-bond donors (Lipinski definition) is 0. The van der Waals surface area contributed by atoms with Gasteiger partial charge < -0.3 is 0 Å². The highest BCUT2D eigenvalue weighted by Crippen LogP contribution is 2.21. The molecule has 8 heteroatoms. The Bertz CT molecular complexity index is 746. The number of pyridine rings is 1. The normalized spacial score (nSPS) is 11.3. The van der Waals surface area contributed by atoms with E-state index in [9.17, 15) is 8.42 Å². The van der Waals surface area contributed by atoms with Crippen molar-refractivity contribution in [3.63, 3.8) is 0 Å². The summed E-state index contributed by atoms with van der Waals surface area (Å²) in [5.41, 5.74) is 0. The zero-order valence-electron chi connectivity index (χ0n) is 11.7. The van der Waals surface area contributed by atoms with Crippen LogP contribution in [0.15, 0.2) is 41.7 Å². The fourth-order valence-electron chi connectivity index (χ4n) is 1.72. The van der Waals surface area contributed by atoms with Gasteiger partial charge in [0.25, 0.3) is 10.0 Å². The van der Waals surface area contributed by atoms with Gasteiger partial charge in [0.05, 0.1) is 12.3 Å². The first-order valence-electron chi connectivity index (χ1n) is 6.31. The molecule has 0 spiro atoms. The smallest absolute Gasteiger partial charge is 0.269 e. The lowest BCUT2D eigenvalue weighted by Gasteiger charge is -2.19. The molecule has 0 radical (unpaired) electrons. The number of sulfonamides is 1. The molecule has 110 valence electrons. The molecular formula is C13H15N5O2S. The van der Waals surface area contributed by atoms with Crippen LogP contribution in [0.5, 0.6) is 0 Å². The summed E-state index contributed by atoms with van der Waals surface area (Å²) in [6.45, 7) is 3.48. The average molecular weight is 305 g/mol. The van der Waals surface area contributed by atoms with E-state index < -0.39 is 10.0 Å². The fourth-order valence-corrected chi connectivity index (χ4v) is 2.98. The first-order chi connectivity index (χ1) is 9.96. The Kier molecular flexibility index (Phi) is 4.23. The van der Waals surface area contributed by atoms with Crippen LogP contribution in [-0.2, 0) is 10.0 Å². The molecule has 21 heavy (non-hydrogen) atoms. The topological polar surface area (TPSA) is 91.9 Å². The zero-order chi connectivity index (χ0) is 15.5. The molecule has 0 N–H and O–H groups in total. The van der Waals surface area contributed by atoms with Crippen molar-refractivity contribution in [3.8, 4) is 6.07 Å². The molecule has 0 aliphatic carbocycles. The van der Waals surface area contributed by atoms with Gasteiger partial charge in [-0.2, -0.15) is 10.4 Å². The van der Waals surface area contributed by atoms with Crippen LogP contribution < -0.4 is 4.31 Å². The molecule has 2 rings (SSSR count). The molecule has 2 heterocycles. The van der Waals surface area contributed by atoms with Crippen LogP contribution in [0.1, 0.15) is 19.9 Å². The van der Waals surface area contributed by atoms with E-state index in [0.717, 1.165) is 4.31 Å². The van der Waals surface area contributed by atoms with Gasteiger partial charge in [-0.15, -0.1) is 0 Å². The molecule has 0 bridgehead atoms. The Labute approximate surface area is 123 Å². The summed E-state index contributed by atoms with van der Waals surface area (Å²) in [7, 11) is -3.86. The summed E-state index contributed by atoms with van der Waals surface area (Å²) in [6, 6.07) is 6.79. The number of rotatable bonds is 5. The summed E-state index contributed by atoms with van der Waals surface area (Å²) in [5.74, 6) is 0.205. The molecule has 0 amide bonds. The Morgan fingerprint density at radius 3 is 2.71 bits per heavy atom. The van der Waals surface area contributed by atoms with Crippen molar-refractivity contribution < 1.29 is 8.42 Å². The standard InChI is InChI=1S/C13H15N5O2S/c1-11(2)17-10-12(9-16-17)21(19,20)18(8-6-14)13-5-3-4-7-15-13/h3-5,7,9-11H,8H2,1-2H3. The second kappa shape index (κ2) is 5.93. The van der Waals surface area contributed by atoms with Crippen LogP contribution >= 0.6 is 0 Å². The molecule has 0 unspecified atom stereocenters. The first-order valence-corrected chi connectivity index (χ1v) is 7.75. The molecular weight excluding hydrogens is 290 g/mol. The van der Waals surface area contributed by atoms with Gasteiger partial charge in [-0.25, -0.2) is 17.7 Å². The lowest BCUT2D eigenvalue weighted by molar-refractivity contribution is 0.531. The number of hydrogen-bond acceptors (Lipinski definition) is 5. The number of aromatic nitrogens is 3. The van der Waals surface area contributed by atoms with Crippen molar-refractivity contribution in [1.29, 1.82) is 5.26 Å². The molecule has 0 fully saturated rings. The van der Waals surface area contributed by atoms with Crippen molar-refractivity contribution >= 4 is 15.8 Å². The van der Waals surface area contributed by atoms with Crippen LogP contribution in [0.25, 0.3) is 0 Å². The molecule has 2 aromatic rings. The molecule has 7 nitrogen and oxygen atoms in total. The number of nitriles is 1. The highest BCUT2D eigenvalue weighted by molar-refractivity contribution is 7.92. The molecule has 0 aliphatic heterocycles. The minimum atomic E-state index is -3.86. The van der Waals surface area contributed by atoms with Crippen LogP contribution in [0, 0.1) is 11.3 Å². The molecule has 0 saturated heterocycles. The van der Waals surface area contributed by atoms with Crippen LogP contribution in [0.4, 0.5) is 5.82 Å². The van der Waals surface area contributed by atoms with E-state index in [2.05, 4.69) is 10.1 Å². The lowest BCUT2D eigenvalue weighted by atomic mass is 10.4. The first kappa shape index (κ1) is 15.0. The van der Waals surface area contributed by atoms with Gasteiger partial charge in [0.15, 0.2) is 0 Å². The predicted molar refractivity (Wildman–Crippen MR) is 77.0 cm³/mol. The van der Waals surface area contributed by atoms with E-state index in [1.165, 1.54) is 18.6 Å². The fraction of sp³-hybridized carbons (Fsp3) is 0.308. The van der Waals surface area contributed by atoms with Gasteiger partial charge >= 0.3 is 0 Å². The Hall–Kier alpha value is -2.40. The minimum absolute atomic E-state index is 0.0390. The molecule has 0 saturated carbocycles. The van der Waals surface area contributed by atoms with E-state index in [0.29, 0.717) is 0 Å². The second-order valence-electron chi connectivity index (χ2n) is 4.61. The maximum Gasteiger partial charge on any atom is 0.269 e. The van der Waals surface area contributed by atoms with Gasteiger partial charge in [-0.1, -0.05) is 6.07 Å². The predicted octanol–water partition coefficient (Wildman–Crippen LogP) is 1.58. The summed E-state index contributed by atoms with van der Waals surface area (Å²) >= 11 is 0. The van der Waals surface area contributed by atoms with Crippen molar-refractivity contribution in [3.05, 3.63) is 36.8 Å². The third kappa shape index (κ3) is 3.03. The van der Waals surface area contributed by atoms with Crippen molar-refractivity contribution in [1.82, 2.24) is 14.8 Å². The van der Waals surface area contributed by atoms with Crippen LogP contribution in [-0.4, -0.2) is 29.7 Å². The number of anilines is 1. The van der Waals surface area contributed by atoms with E-state index in [4.69, 9.17) is 5.26 Å². The third-order valence-electron chi connectivity index (χ3n) is 2.81. The van der Waals surface area contributed by atoms with E-state index in [-0.39, 0.29) is 23.3 Å². The Balaban J connectivity index is 2.45. The van der Waals surface area contributed by atoms with Gasteiger partial charge in [-0.3, -0.25) is 4.68 Å². The minimum Gasteiger partial charge on any atom is -0.269 e. The van der Waals surface area contributed by atoms with Gasteiger partial charge in [-0.05, 0) is 26.0 Å². The second-order valence-corrected chi connectivity index (χ2v) is 6.47. The molecule has 0 atom stereocenters. The number of nitrogens with zero attached hydrogens (tertiary/aromatic N) is 5. The van der Waals surface area contributed by atoms with Crippen molar-refractivity contribution in [2.45, 2.75) is 24.8 Å². The Morgan fingerprint density at radius 1 is 1.43 bits per heavy atom. The maximum absolute atomic E-state index is 12.6. The highest BCUT2D eigenvalue weighted by Gasteiger charge is 2.27. The van der Waals surface area contributed by atoms with Crippen molar-refractivity contribution in [2.24, 2.45) is 0 Å². The summed E-state index contributed by atoms with van der Waals surface area (Å²) < 4.78 is 27.8. The molecule has 2 aromatic heterocycles. The lowest BCUT2D eigenvalue weighted by Crippen LogP contribution is -2.31. The SMILES string of the molecule is CC(C)n1cc(S(=O)(=O)N(CC#N)c2ccccn2)cn1. The third-order valence-corrected chi connectivity index (χ3v) is 4.52. The average Bonchev–Trinajstić information content (AvgIpc) is 2.96. The van der Waals surface area contributed by atoms with Crippen molar-refractivity contribution in [2.75, 3.05) is 10.8 Å². The summed E-state index contributed by atoms with van der Waals surface area (Å²) in [4.78, 5) is 4.04. The van der Waals surface area contributed by atoms with Crippen LogP contribution in [0.3, 0.4) is 0 Å².